The molecule has 1 N–H and O–H groups in total. The average Bonchev–Trinajstić information content (AvgIpc) is 3.63. The summed E-state index contributed by atoms with van der Waals surface area (Å²) in [6.07, 6.45) is 1.93. The van der Waals surface area contributed by atoms with Gasteiger partial charge in [0, 0.05) is 43.6 Å². The molecule has 0 bridgehead atoms. The minimum absolute atomic E-state index is 0.0678. The number of carbonyl (C=O) groups excluding carboxylic acids is 2. The molecule has 9 heteroatoms. The minimum Gasteiger partial charge on any atom is -0.379 e. The summed E-state index contributed by atoms with van der Waals surface area (Å²) in [5.74, 6) is -0.0249. The van der Waals surface area contributed by atoms with Crippen LogP contribution in [0.15, 0.2) is 72.2 Å². The molecule has 202 valence electrons. The fourth-order valence-corrected chi connectivity index (χ4v) is 5.16. The van der Waals surface area contributed by atoms with Crippen LogP contribution in [0.2, 0.25) is 0 Å². The molecular weight excluding hydrogens is 510 g/mol. The van der Waals surface area contributed by atoms with Crippen LogP contribution in [0.4, 0.5) is 5.95 Å². The summed E-state index contributed by atoms with van der Waals surface area (Å²) in [6.45, 7) is 8.16. The third kappa shape index (κ3) is 6.81. The largest absolute Gasteiger partial charge is 0.379 e. The quantitative estimate of drug-likeness (QED) is 0.333. The summed E-state index contributed by atoms with van der Waals surface area (Å²) in [6, 6.07) is 19.8. The predicted molar refractivity (Wildman–Crippen MR) is 155 cm³/mol. The number of aryl methyl sites for hydroxylation is 2. The van der Waals surface area contributed by atoms with Gasteiger partial charge in [-0.3, -0.25) is 24.4 Å². The second kappa shape index (κ2) is 12.4. The van der Waals surface area contributed by atoms with Crippen LogP contribution in [-0.4, -0.2) is 77.1 Å². The van der Waals surface area contributed by atoms with Crippen LogP contribution in [0, 0.1) is 13.8 Å². The number of ether oxygens (including phenoxy) is 1. The molecule has 8 nitrogen and oxygen atoms in total. The van der Waals surface area contributed by atoms with E-state index in [1.54, 1.807) is 11.0 Å². The summed E-state index contributed by atoms with van der Waals surface area (Å²) in [5, 5.41) is 4.86. The van der Waals surface area contributed by atoms with Crippen molar-refractivity contribution >= 4 is 29.1 Å². The van der Waals surface area contributed by atoms with Crippen LogP contribution in [-0.2, 0) is 9.53 Å². The first-order chi connectivity index (χ1) is 19.0. The van der Waals surface area contributed by atoms with Gasteiger partial charge < -0.3 is 9.64 Å². The molecule has 2 amide bonds. The molecule has 0 radical (unpaired) electrons. The Balaban J connectivity index is 1.37. The van der Waals surface area contributed by atoms with Gasteiger partial charge in [0.15, 0.2) is 0 Å². The Kier molecular flexibility index (Phi) is 8.51. The SMILES string of the molecule is Cc1ccc(-c2cn(-c3ccc(C)cc3)c(NC(=O)CN(CCN3CCOCC3)C(=O)c3cccs3)n2)cc1. The molecule has 0 unspecified atom stereocenters. The molecule has 0 spiro atoms. The molecule has 1 fully saturated rings. The van der Waals surface area contributed by atoms with Crippen molar-refractivity contribution < 1.29 is 14.3 Å². The molecule has 39 heavy (non-hydrogen) atoms. The highest BCUT2D eigenvalue weighted by Crippen LogP contribution is 2.25. The van der Waals surface area contributed by atoms with E-state index in [1.165, 1.54) is 11.3 Å². The Bertz CT molecular complexity index is 1390. The molecule has 4 aromatic rings. The van der Waals surface area contributed by atoms with Gasteiger partial charge >= 0.3 is 0 Å². The molecule has 1 aliphatic rings. The number of aromatic nitrogens is 2. The first-order valence-corrected chi connectivity index (χ1v) is 14.0. The van der Waals surface area contributed by atoms with Gasteiger partial charge in [-0.05, 0) is 37.4 Å². The van der Waals surface area contributed by atoms with Crippen LogP contribution in [0.1, 0.15) is 20.8 Å². The molecule has 5 rings (SSSR count). The third-order valence-corrected chi connectivity index (χ3v) is 7.62. The number of imidazole rings is 1. The van der Waals surface area contributed by atoms with Gasteiger partial charge in [0.2, 0.25) is 11.9 Å². The third-order valence-electron chi connectivity index (χ3n) is 6.76. The maximum atomic E-state index is 13.4. The Morgan fingerprint density at radius 1 is 1.00 bits per heavy atom. The lowest BCUT2D eigenvalue weighted by Crippen LogP contribution is -2.45. The molecule has 0 saturated carbocycles. The molecule has 2 aromatic heterocycles. The second-order valence-electron chi connectivity index (χ2n) is 9.73. The number of carbonyl (C=O) groups is 2. The molecule has 2 aromatic carbocycles. The molecule has 0 atom stereocenters. The van der Waals surface area contributed by atoms with Gasteiger partial charge in [-0.15, -0.1) is 11.3 Å². The fourth-order valence-electron chi connectivity index (χ4n) is 4.47. The lowest BCUT2D eigenvalue weighted by molar-refractivity contribution is -0.117. The van der Waals surface area contributed by atoms with Gasteiger partial charge in [-0.1, -0.05) is 53.6 Å². The molecular formula is C30H33N5O3S. The number of hydrogen-bond donors (Lipinski definition) is 1. The minimum atomic E-state index is -0.295. The Morgan fingerprint density at radius 2 is 1.69 bits per heavy atom. The lowest BCUT2D eigenvalue weighted by Gasteiger charge is -2.29. The number of anilines is 1. The number of thiophene rings is 1. The molecule has 0 aliphatic carbocycles. The Hall–Kier alpha value is -3.79. The highest BCUT2D eigenvalue weighted by atomic mass is 32.1. The van der Waals surface area contributed by atoms with E-state index in [-0.39, 0.29) is 18.4 Å². The highest BCUT2D eigenvalue weighted by Gasteiger charge is 2.23. The number of amides is 2. The summed E-state index contributed by atoms with van der Waals surface area (Å²) in [5.41, 5.74) is 4.91. The molecule has 1 aliphatic heterocycles. The maximum absolute atomic E-state index is 13.4. The first kappa shape index (κ1) is 26.8. The second-order valence-corrected chi connectivity index (χ2v) is 10.7. The first-order valence-electron chi connectivity index (χ1n) is 13.1. The number of benzene rings is 2. The van der Waals surface area contributed by atoms with E-state index in [0.29, 0.717) is 37.1 Å². The average molecular weight is 544 g/mol. The van der Waals surface area contributed by atoms with Crippen molar-refractivity contribution in [3.05, 3.63) is 88.2 Å². The van der Waals surface area contributed by atoms with Crippen molar-refractivity contribution in [2.75, 3.05) is 51.3 Å². The molecule has 3 heterocycles. The van der Waals surface area contributed by atoms with Gasteiger partial charge in [-0.2, -0.15) is 0 Å². The van der Waals surface area contributed by atoms with E-state index < -0.39 is 0 Å². The van der Waals surface area contributed by atoms with Crippen LogP contribution >= 0.6 is 11.3 Å². The van der Waals surface area contributed by atoms with E-state index in [0.717, 1.165) is 41.2 Å². The maximum Gasteiger partial charge on any atom is 0.264 e. The van der Waals surface area contributed by atoms with Gasteiger partial charge in [0.1, 0.15) is 6.54 Å². The highest BCUT2D eigenvalue weighted by molar-refractivity contribution is 7.12. The van der Waals surface area contributed by atoms with E-state index in [1.807, 2.05) is 84.6 Å². The van der Waals surface area contributed by atoms with Crippen LogP contribution < -0.4 is 5.32 Å². The zero-order valence-corrected chi connectivity index (χ0v) is 23.1. The zero-order chi connectivity index (χ0) is 27.2. The van der Waals surface area contributed by atoms with E-state index in [4.69, 9.17) is 9.72 Å². The smallest absolute Gasteiger partial charge is 0.264 e. The fraction of sp³-hybridized carbons (Fsp3) is 0.300. The predicted octanol–water partition coefficient (Wildman–Crippen LogP) is 4.63. The number of nitrogens with one attached hydrogen (secondary N) is 1. The van der Waals surface area contributed by atoms with Crippen molar-refractivity contribution in [1.29, 1.82) is 0 Å². The zero-order valence-electron chi connectivity index (χ0n) is 22.3. The number of rotatable bonds is 9. The lowest BCUT2D eigenvalue weighted by atomic mass is 10.1. The summed E-state index contributed by atoms with van der Waals surface area (Å²) in [7, 11) is 0. The normalized spacial score (nSPS) is 13.8. The van der Waals surface area contributed by atoms with Gasteiger partial charge in [0.05, 0.1) is 23.8 Å². The Labute approximate surface area is 232 Å². The summed E-state index contributed by atoms with van der Waals surface area (Å²) in [4.78, 5) is 36.0. The van der Waals surface area contributed by atoms with E-state index >= 15 is 0 Å². The van der Waals surface area contributed by atoms with Crippen molar-refractivity contribution in [2.45, 2.75) is 13.8 Å². The van der Waals surface area contributed by atoms with Crippen molar-refractivity contribution in [3.63, 3.8) is 0 Å². The monoisotopic (exact) mass is 543 g/mol. The molecule has 1 saturated heterocycles. The number of morpholine rings is 1. The standard InChI is InChI=1S/C30H33N5O3S/c1-22-5-9-24(10-6-22)26-20-35(25-11-7-23(2)8-12-25)30(31-26)32-28(36)21-34(29(37)27-4-3-19-39-27)14-13-33-15-17-38-18-16-33/h3-12,19-20H,13-18,21H2,1-2H3,(H,31,32,36). The van der Waals surface area contributed by atoms with Crippen LogP contribution in [0.25, 0.3) is 16.9 Å². The summed E-state index contributed by atoms with van der Waals surface area (Å²) >= 11 is 1.38. The van der Waals surface area contributed by atoms with E-state index in [2.05, 4.69) is 10.2 Å². The van der Waals surface area contributed by atoms with E-state index in [9.17, 15) is 9.59 Å². The summed E-state index contributed by atoms with van der Waals surface area (Å²) < 4.78 is 7.32. The number of hydrogen-bond acceptors (Lipinski definition) is 6. The van der Waals surface area contributed by atoms with Gasteiger partial charge in [-0.25, -0.2) is 4.98 Å². The van der Waals surface area contributed by atoms with Crippen molar-refractivity contribution in [1.82, 2.24) is 19.4 Å². The van der Waals surface area contributed by atoms with Crippen LogP contribution in [0.3, 0.4) is 0 Å². The Morgan fingerprint density at radius 3 is 2.36 bits per heavy atom. The van der Waals surface area contributed by atoms with Crippen molar-refractivity contribution in [2.24, 2.45) is 0 Å². The van der Waals surface area contributed by atoms with Gasteiger partial charge in [0.25, 0.3) is 5.91 Å². The van der Waals surface area contributed by atoms with Crippen molar-refractivity contribution in [3.8, 4) is 16.9 Å². The number of nitrogens with zero attached hydrogens (tertiary/aromatic N) is 4. The van der Waals surface area contributed by atoms with Crippen LogP contribution in [0.5, 0.6) is 0 Å². The topological polar surface area (TPSA) is 79.7 Å².